The second-order valence-corrected chi connectivity index (χ2v) is 4.78. The van der Waals surface area contributed by atoms with Gasteiger partial charge < -0.3 is 4.90 Å². The molecule has 1 unspecified atom stereocenters. The normalized spacial score (nSPS) is 21.1. The summed E-state index contributed by atoms with van der Waals surface area (Å²) in [6, 6.07) is 9.26. The maximum absolute atomic E-state index is 6.02. The Kier molecular flexibility index (Phi) is 4.11. The van der Waals surface area contributed by atoms with E-state index in [1.807, 2.05) is 0 Å². The summed E-state index contributed by atoms with van der Waals surface area (Å²) >= 11 is 6.02. The van der Waals surface area contributed by atoms with Crippen molar-refractivity contribution in [2.75, 3.05) is 11.4 Å². The van der Waals surface area contributed by atoms with Crippen molar-refractivity contribution < 1.29 is 0 Å². The fourth-order valence-corrected chi connectivity index (χ4v) is 2.87. The minimum absolute atomic E-state index is 0.614. The Bertz CT molecular complexity index is 337. The number of benzene rings is 1. The molecule has 0 radical (unpaired) electrons. The van der Waals surface area contributed by atoms with Crippen molar-refractivity contribution >= 4 is 17.3 Å². The van der Waals surface area contributed by atoms with E-state index >= 15 is 0 Å². The van der Waals surface area contributed by atoms with Crippen LogP contribution in [0.4, 0.5) is 5.69 Å². The summed E-state index contributed by atoms with van der Waals surface area (Å²) in [6.45, 7) is 3.47. The van der Waals surface area contributed by atoms with Crippen LogP contribution in [0, 0.1) is 0 Å². The zero-order valence-corrected chi connectivity index (χ0v) is 10.7. The van der Waals surface area contributed by atoms with E-state index in [4.69, 9.17) is 11.6 Å². The molecule has 0 spiro atoms. The molecule has 0 bridgehead atoms. The van der Waals surface area contributed by atoms with Gasteiger partial charge in [-0.15, -0.1) is 11.6 Å². The van der Waals surface area contributed by atoms with Crippen molar-refractivity contribution in [2.45, 2.75) is 44.5 Å². The zero-order valence-electron chi connectivity index (χ0n) is 9.95. The quantitative estimate of drug-likeness (QED) is 0.713. The molecule has 0 amide bonds. The Morgan fingerprint density at radius 1 is 1.31 bits per heavy atom. The summed E-state index contributed by atoms with van der Waals surface area (Å²) < 4.78 is 0. The molecule has 88 valence electrons. The average molecular weight is 238 g/mol. The summed E-state index contributed by atoms with van der Waals surface area (Å²) in [5.41, 5.74) is 2.62. The van der Waals surface area contributed by atoms with Gasteiger partial charge in [-0.3, -0.25) is 0 Å². The standard InChI is InChI=1S/C14H20ClN/c1-2-13-8-5-6-10-16(13)14-9-4-3-7-12(14)11-15/h3-4,7,9,13H,2,5-6,8,10-11H2,1H3. The van der Waals surface area contributed by atoms with E-state index in [0.29, 0.717) is 11.9 Å². The first kappa shape index (κ1) is 11.8. The molecule has 1 aromatic rings. The second kappa shape index (κ2) is 5.58. The summed E-state index contributed by atoms with van der Waals surface area (Å²) in [4.78, 5) is 2.56. The van der Waals surface area contributed by atoms with Crippen LogP contribution in [0.15, 0.2) is 24.3 Å². The molecule has 2 heteroatoms. The fraction of sp³-hybridized carbons (Fsp3) is 0.571. The molecule has 1 nitrogen and oxygen atoms in total. The summed E-state index contributed by atoms with van der Waals surface area (Å²) in [6.07, 6.45) is 5.24. The van der Waals surface area contributed by atoms with Gasteiger partial charge in [0.05, 0.1) is 0 Å². The molecule has 0 aromatic heterocycles. The van der Waals surface area contributed by atoms with Crippen LogP contribution in [-0.4, -0.2) is 12.6 Å². The third-order valence-corrected chi connectivity index (χ3v) is 3.83. The van der Waals surface area contributed by atoms with Crippen LogP contribution in [0.25, 0.3) is 0 Å². The molecule has 1 aromatic carbocycles. The third-order valence-electron chi connectivity index (χ3n) is 3.54. The van der Waals surface area contributed by atoms with E-state index in [-0.39, 0.29) is 0 Å². The van der Waals surface area contributed by atoms with E-state index in [9.17, 15) is 0 Å². The van der Waals surface area contributed by atoms with Crippen molar-refractivity contribution in [1.82, 2.24) is 0 Å². The summed E-state index contributed by atoms with van der Waals surface area (Å²) in [5.74, 6) is 0.614. The minimum Gasteiger partial charge on any atom is -0.368 e. The van der Waals surface area contributed by atoms with E-state index < -0.39 is 0 Å². The molecule has 1 aliphatic rings. The molecule has 1 fully saturated rings. The van der Waals surface area contributed by atoms with Crippen LogP contribution in [0.3, 0.4) is 0 Å². The Morgan fingerprint density at radius 2 is 2.12 bits per heavy atom. The number of piperidine rings is 1. The predicted molar refractivity (Wildman–Crippen MR) is 71.3 cm³/mol. The lowest BCUT2D eigenvalue weighted by atomic mass is 9.98. The zero-order chi connectivity index (χ0) is 11.4. The smallest absolute Gasteiger partial charge is 0.0494 e. The average Bonchev–Trinajstić information content (AvgIpc) is 2.38. The SMILES string of the molecule is CCC1CCCCN1c1ccccc1CCl. The van der Waals surface area contributed by atoms with Gasteiger partial charge in [-0.05, 0) is 37.3 Å². The highest BCUT2D eigenvalue weighted by atomic mass is 35.5. The van der Waals surface area contributed by atoms with E-state index in [1.165, 1.54) is 43.5 Å². The third kappa shape index (κ3) is 2.35. The number of rotatable bonds is 3. The number of nitrogens with zero attached hydrogens (tertiary/aromatic N) is 1. The predicted octanol–water partition coefficient (Wildman–Crippen LogP) is 4.19. The molecule has 0 aliphatic carbocycles. The van der Waals surface area contributed by atoms with Gasteiger partial charge in [0.2, 0.25) is 0 Å². The monoisotopic (exact) mass is 237 g/mol. The first-order valence-electron chi connectivity index (χ1n) is 6.27. The molecule has 1 saturated heterocycles. The molecule has 16 heavy (non-hydrogen) atoms. The van der Waals surface area contributed by atoms with Crippen LogP contribution in [-0.2, 0) is 5.88 Å². The minimum atomic E-state index is 0.614. The van der Waals surface area contributed by atoms with Crippen molar-refractivity contribution in [3.8, 4) is 0 Å². The van der Waals surface area contributed by atoms with E-state index in [0.717, 1.165) is 0 Å². The number of anilines is 1. The number of hydrogen-bond donors (Lipinski definition) is 0. The number of para-hydroxylation sites is 1. The van der Waals surface area contributed by atoms with Gasteiger partial charge in [-0.2, -0.15) is 0 Å². The Hall–Kier alpha value is -0.690. The number of alkyl halides is 1. The van der Waals surface area contributed by atoms with E-state index in [1.54, 1.807) is 0 Å². The largest absolute Gasteiger partial charge is 0.368 e. The van der Waals surface area contributed by atoms with Crippen LogP contribution in [0.5, 0.6) is 0 Å². The number of halogens is 1. The van der Waals surface area contributed by atoms with Crippen LogP contribution in [0.2, 0.25) is 0 Å². The first-order valence-corrected chi connectivity index (χ1v) is 6.80. The maximum atomic E-state index is 6.02. The fourth-order valence-electron chi connectivity index (χ4n) is 2.65. The van der Waals surface area contributed by atoms with Crippen LogP contribution >= 0.6 is 11.6 Å². The lowest BCUT2D eigenvalue weighted by Gasteiger charge is -2.38. The maximum Gasteiger partial charge on any atom is 0.0494 e. The van der Waals surface area contributed by atoms with Gasteiger partial charge in [-0.25, -0.2) is 0 Å². The van der Waals surface area contributed by atoms with Gasteiger partial charge >= 0.3 is 0 Å². The highest BCUT2D eigenvalue weighted by Crippen LogP contribution is 2.29. The van der Waals surface area contributed by atoms with Gasteiger partial charge in [0.15, 0.2) is 0 Å². The van der Waals surface area contributed by atoms with Crippen molar-refractivity contribution in [1.29, 1.82) is 0 Å². The molecule has 1 heterocycles. The van der Waals surface area contributed by atoms with Gasteiger partial charge in [0.25, 0.3) is 0 Å². The van der Waals surface area contributed by atoms with Gasteiger partial charge in [0, 0.05) is 24.2 Å². The highest BCUT2D eigenvalue weighted by Gasteiger charge is 2.22. The topological polar surface area (TPSA) is 3.24 Å². The van der Waals surface area contributed by atoms with Crippen molar-refractivity contribution in [2.24, 2.45) is 0 Å². The molecule has 0 N–H and O–H groups in total. The molecule has 2 rings (SSSR count). The molecule has 1 aliphatic heterocycles. The van der Waals surface area contributed by atoms with Crippen molar-refractivity contribution in [3.05, 3.63) is 29.8 Å². The summed E-state index contributed by atoms with van der Waals surface area (Å²) in [7, 11) is 0. The van der Waals surface area contributed by atoms with Crippen LogP contribution < -0.4 is 4.90 Å². The van der Waals surface area contributed by atoms with Gasteiger partial charge in [-0.1, -0.05) is 25.1 Å². The molecular formula is C14H20ClN. The van der Waals surface area contributed by atoms with Crippen LogP contribution in [0.1, 0.15) is 38.2 Å². The first-order chi connectivity index (χ1) is 7.86. The Labute approximate surface area is 103 Å². The lowest BCUT2D eigenvalue weighted by Crippen LogP contribution is -2.39. The van der Waals surface area contributed by atoms with E-state index in [2.05, 4.69) is 36.1 Å². The molecular weight excluding hydrogens is 218 g/mol. The Balaban J connectivity index is 2.26. The van der Waals surface area contributed by atoms with Gasteiger partial charge in [0.1, 0.15) is 0 Å². The number of hydrogen-bond acceptors (Lipinski definition) is 1. The second-order valence-electron chi connectivity index (χ2n) is 4.51. The lowest BCUT2D eigenvalue weighted by molar-refractivity contribution is 0.449. The summed E-state index contributed by atoms with van der Waals surface area (Å²) in [5, 5.41) is 0. The molecule has 0 saturated carbocycles. The Morgan fingerprint density at radius 3 is 2.88 bits per heavy atom. The highest BCUT2D eigenvalue weighted by molar-refractivity contribution is 6.17. The van der Waals surface area contributed by atoms with Crippen molar-refractivity contribution in [3.63, 3.8) is 0 Å². The molecule has 1 atom stereocenters.